The van der Waals surface area contributed by atoms with E-state index in [0.29, 0.717) is 17.5 Å². The van der Waals surface area contributed by atoms with Gasteiger partial charge in [-0.3, -0.25) is 5.32 Å². The monoisotopic (exact) mass is 385 g/mol. The second-order valence-corrected chi connectivity index (χ2v) is 7.81. The van der Waals surface area contributed by atoms with Gasteiger partial charge in [0, 0.05) is 30.9 Å². The molecule has 1 aliphatic carbocycles. The standard InChI is InChI=1S/C21H28FN5O/c22-16-5-4-6-17(15-16)24-21(28)25-20-9-12-23-27(20)19-10-13-26(14-11-19)18-7-2-1-3-8-18/h4-6,9,12,15,18-19H,1-3,7-8,10-11,13-14H2,(H2,24,25,28). The van der Waals surface area contributed by atoms with E-state index in [1.165, 1.54) is 44.2 Å². The zero-order valence-corrected chi connectivity index (χ0v) is 16.1. The number of piperidine rings is 1. The maximum atomic E-state index is 13.3. The Hall–Kier alpha value is -2.41. The second-order valence-electron chi connectivity index (χ2n) is 7.81. The minimum absolute atomic E-state index is 0.291. The summed E-state index contributed by atoms with van der Waals surface area (Å²) in [5, 5.41) is 9.95. The summed E-state index contributed by atoms with van der Waals surface area (Å²) in [6, 6.07) is 8.30. The summed E-state index contributed by atoms with van der Waals surface area (Å²) in [5.41, 5.74) is 0.421. The van der Waals surface area contributed by atoms with Crippen LogP contribution in [0, 0.1) is 5.82 Å². The number of anilines is 2. The van der Waals surface area contributed by atoms with Crippen molar-refractivity contribution in [2.75, 3.05) is 23.7 Å². The topological polar surface area (TPSA) is 62.2 Å². The van der Waals surface area contributed by atoms with Crippen LogP contribution in [0.25, 0.3) is 0 Å². The van der Waals surface area contributed by atoms with E-state index in [1.54, 1.807) is 24.4 Å². The smallest absolute Gasteiger partial charge is 0.308 e. The molecule has 2 aromatic rings. The van der Waals surface area contributed by atoms with E-state index in [0.717, 1.165) is 32.0 Å². The molecule has 2 N–H and O–H groups in total. The Balaban J connectivity index is 1.33. The molecule has 1 saturated carbocycles. The molecule has 2 heterocycles. The van der Waals surface area contributed by atoms with Gasteiger partial charge in [-0.05, 0) is 43.9 Å². The van der Waals surface area contributed by atoms with Crippen molar-refractivity contribution < 1.29 is 9.18 Å². The van der Waals surface area contributed by atoms with E-state index in [2.05, 4.69) is 20.6 Å². The van der Waals surface area contributed by atoms with Gasteiger partial charge in [0.15, 0.2) is 0 Å². The molecular formula is C21H28FN5O. The van der Waals surface area contributed by atoms with Gasteiger partial charge in [-0.2, -0.15) is 5.10 Å². The Morgan fingerprint density at radius 3 is 2.54 bits per heavy atom. The fourth-order valence-electron chi connectivity index (χ4n) is 4.49. The first-order valence-corrected chi connectivity index (χ1v) is 10.3. The lowest BCUT2D eigenvalue weighted by atomic mass is 9.92. The molecule has 2 amide bonds. The highest BCUT2D eigenvalue weighted by Gasteiger charge is 2.28. The number of carbonyl (C=O) groups excluding carboxylic acids is 1. The van der Waals surface area contributed by atoms with Crippen molar-refractivity contribution in [3.63, 3.8) is 0 Å². The number of hydrogen-bond acceptors (Lipinski definition) is 3. The SMILES string of the molecule is O=C(Nc1cccc(F)c1)Nc1ccnn1C1CCN(C2CCCCC2)CC1. The van der Waals surface area contributed by atoms with Crippen LogP contribution in [0.5, 0.6) is 0 Å². The van der Waals surface area contributed by atoms with Crippen molar-refractivity contribution in [2.45, 2.75) is 57.0 Å². The third-order valence-electron chi connectivity index (χ3n) is 5.93. The van der Waals surface area contributed by atoms with Crippen LogP contribution in [0.1, 0.15) is 51.0 Å². The number of nitrogens with one attached hydrogen (secondary N) is 2. The maximum absolute atomic E-state index is 13.3. The van der Waals surface area contributed by atoms with Crippen molar-refractivity contribution in [1.82, 2.24) is 14.7 Å². The number of rotatable bonds is 4. The second kappa shape index (κ2) is 8.73. The third kappa shape index (κ3) is 4.52. The van der Waals surface area contributed by atoms with Crippen LogP contribution >= 0.6 is 0 Å². The van der Waals surface area contributed by atoms with Gasteiger partial charge in [-0.25, -0.2) is 13.9 Å². The summed E-state index contributed by atoms with van der Waals surface area (Å²) in [6.45, 7) is 2.17. The molecule has 1 aromatic carbocycles. The highest BCUT2D eigenvalue weighted by Crippen LogP contribution is 2.30. The number of benzene rings is 1. The fourth-order valence-corrected chi connectivity index (χ4v) is 4.49. The highest BCUT2D eigenvalue weighted by molar-refractivity contribution is 5.99. The molecule has 2 aliphatic rings. The Labute approximate surface area is 165 Å². The number of halogens is 1. The first-order valence-electron chi connectivity index (χ1n) is 10.3. The van der Waals surface area contributed by atoms with E-state index in [-0.39, 0.29) is 5.82 Å². The number of amides is 2. The van der Waals surface area contributed by atoms with Gasteiger partial charge >= 0.3 is 6.03 Å². The number of likely N-dealkylation sites (tertiary alicyclic amines) is 1. The molecule has 1 aliphatic heterocycles. The van der Waals surface area contributed by atoms with Crippen LogP contribution in [0.2, 0.25) is 0 Å². The molecule has 0 atom stereocenters. The average Bonchev–Trinajstić information content (AvgIpc) is 3.17. The molecule has 0 radical (unpaired) electrons. The summed E-state index contributed by atoms with van der Waals surface area (Å²) >= 11 is 0. The Bertz CT molecular complexity index is 794. The van der Waals surface area contributed by atoms with Gasteiger partial charge in [-0.15, -0.1) is 0 Å². The van der Waals surface area contributed by atoms with Crippen molar-refractivity contribution in [3.8, 4) is 0 Å². The van der Waals surface area contributed by atoms with Gasteiger partial charge in [0.1, 0.15) is 11.6 Å². The predicted octanol–water partition coefficient (Wildman–Crippen LogP) is 4.64. The van der Waals surface area contributed by atoms with Gasteiger partial charge < -0.3 is 10.2 Å². The van der Waals surface area contributed by atoms with Crippen molar-refractivity contribution in [2.24, 2.45) is 0 Å². The van der Waals surface area contributed by atoms with E-state index < -0.39 is 6.03 Å². The van der Waals surface area contributed by atoms with Crippen LogP contribution in [0.4, 0.5) is 20.7 Å². The van der Waals surface area contributed by atoms with Crippen LogP contribution in [0.3, 0.4) is 0 Å². The average molecular weight is 385 g/mol. The van der Waals surface area contributed by atoms with E-state index in [4.69, 9.17) is 0 Å². The molecule has 0 unspecified atom stereocenters. The minimum atomic E-state index is -0.396. The normalized spacial score (nSPS) is 19.5. The van der Waals surface area contributed by atoms with E-state index in [9.17, 15) is 9.18 Å². The van der Waals surface area contributed by atoms with Gasteiger partial charge in [0.2, 0.25) is 0 Å². The lowest BCUT2D eigenvalue weighted by Crippen LogP contribution is -2.43. The summed E-state index contributed by atoms with van der Waals surface area (Å²) in [7, 11) is 0. The van der Waals surface area contributed by atoms with Gasteiger partial charge in [0.05, 0.1) is 12.2 Å². The molecule has 6 nitrogen and oxygen atoms in total. The summed E-state index contributed by atoms with van der Waals surface area (Å²) in [6.07, 6.45) is 10.6. The molecule has 2 fully saturated rings. The molecular weight excluding hydrogens is 357 g/mol. The molecule has 28 heavy (non-hydrogen) atoms. The Morgan fingerprint density at radius 1 is 1.00 bits per heavy atom. The lowest BCUT2D eigenvalue weighted by molar-refractivity contribution is 0.106. The zero-order chi connectivity index (χ0) is 19.3. The van der Waals surface area contributed by atoms with Crippen LogP contribution in [-0.4, -0.2) is 39.8 Å². The van der Waals surface area contributed by atoms with Crippen LogP contribution in [0.15, 0.2) is 36.5 Å². The number of carbonyl (C=O) groups is 1. The fraction of sp³-hybridized carbons (Fsp3) is 0.524. The first-order chi connectivity index (χ1) is 13.7. The largest absolute Gasteiger partial charge is 0.324 e. The van der Waals surface area contributed by atoms with E-state index in [1.807, 2.05) is 4.68 Å². The molecule has 0 spiro atoms. The highest BCUT2D eigenvalue weighted by atomic mass is 19.1. The number of aromatic nitrogens is 2. The quantitative estimate of drug-likeness (QED) is 0.806. The zero-order valence-electron chi connectivity index (χ0n) is 16.1. The van der Waals surface area contributed by atoms with Crippen molar-refractivity contribution >= 4 is 17.5 Å². The van der Waals surface area contributed by atoms with Crippen LogP contribution < -0.4 is 10.6 Å². The van der Waals surface area contributed by atoms with Crippen molar-refractivity contribution in [3.05, 3.63) is 42.3 Å². The maximum Gasteiger partial charge on any atom is 0.324 e. The Kier molecular flexibility index (Phi) is 5.90. The molecule has 1 saturated heterocycles. The summed E-state index contributed by atoms with van der Waals surface area (Å²) < 4.78 is 15.2. The van der Waals surface area contributed by atoms with Gasteiger partial charge in [-0.1, -0.05) is 25.3 Å². The first kappa shape index (κ1) is 18.9. The molecule has 7 heteroatoms. The van der Waals surface area contributed by atoms with Crippen LogP contribution in [-0.2, 0) is 0 Å². The molecule has 0 bridgehead atoms. The summed E-state index contributed by atoms with van der Waals surface area (Å²) in [5.74, 6) is 0.289. The molecule has 1 aromatic heterocycles. The third-order valence-corrected chi connectivity index (χ3v) is 5.93. The Morgan fingerprint density at radius 2 is 1.79 bits per heavy atom. The number of urea groups is 1. The number of hydrogen-bond donors (Lipinski definition) is 2. The minimum Gasteiger partial charge on any atom is -0.308 e. The predicted molar refractivity (Wildman–Crippen MR) is 108 cm³/mol. The summed E-state index contributed by atoms with van der Waals surface area (Å²) in [4.78, 5) is 14.9. The molecule has 4 rings (SSSR count). The van der Waals surface area contributed by atoms with Crippen molar-refractivity contribution in [1.29, 1.82) is 0 Å². The lowest BCUT2D eigenvalue weighted by Gasteiger charge is -2.39. The molecule has 150 valence electrons. The van der Waals surface area contributed by atoms with E-state index >= 15 is 0 Å². The van der Waals surface area contributed by atoms with Gasteiger partial charge in [0.25, 0.3) is 0 Å². The number of nitrogens with zero attached hydrogens (tertiary/aromatic N) is 3.